The summed E-state index contributed by atoms with van der Waals surface area (Å²) in [5, 5.41) is 10.7. The summed E-state index contributed by atoms with van der Waals surface area (Å²) in [6.45, 7) is 2.21. The fraction of sp³-hybridized carbons (Fsp3) is 0.588. The summed E-state index contributed by atoms with van der Waals surface area (Å²) in [6, 6.07) is 8.18. The molecule has 0 spiro atoms. The van der Waals surface area contributed by atoms with E-state index in [0.717, 1.165) is 36.1 Å². The molecule has 2 aromatic rings. The summed E-state index contributed by atoms with van der Waals surface area (Å²) in [4.78, 5) is 4.69. The molecule has 0 bridgehead atoms. The van der Waals surface area contributed by atoms with Gasteiger partial charge in [-0.05, 0) is 36.8 Å². The molecule has 3 heteroatoms. The van der Waals surface area contributed by atoms with Gasteiger partial charge in [0.1, 0.15) is 5.82 Å². The van der Waals surface area contributed by atoms with Crippen molar-refractivity contribution in [3.05, 3.63) is 30.1 Å². The van der Waals surface area contributed by atoms with Crippen LogP contribution in [0.1, 0.15) is 44.9 Å². The Morgan fingerprint density at radius 1 is 1.30 bits per heavy atom. The van der Waals surface area contributed by atoms with Gasteiger partial charge in [0.15, 0.2) is 0 Å². The standard InChI is InChI=1S/C17H24N2O/c1-3-17(10-6-7-11-17)15(20)12-16-18-13-8-4-5-9-14(13)19(16)2/h4-5,8-9,15,20H,3,6-7,10-12H2,1-2H3. The Morgan fingerprint density at radius 2 is 2.00 bits per heavy atom. The molecule has 1 aromatic heterocycles. The minimum absolute atomic E-state index is 0.123. The topological polar surface area (TPSA) is 38.1 Å². The Labute approximate surface area is 120 Å². The number of aliphatic hydroxyl groups excluding tert-OH is 1. The summed E-state index contributed by atoms with van der Waals surface area (Å²) in [6.07, 6.45) is 6.30. The Kier molecular flexibility index (Phi) is 3.55. The molecule has 20 heavy (non-hydrogen) atoms. The van der Waals surface area contributed by atoms with Crippen LogP contribution in [0.3, 0.4) is 0 Å². The zero-order valence-corrected chi connectivity index (χ0v) is 12.5. The van der Waals surface area contributed by atoms with Gasteiger partial charge in [-0.15, -0.1) is 0 Å². The fourth-order valence-corrected chi connectivity index (χ4v) is 3.77. The average molecular weight is 272 g/mol. The first-order valence-corrected chi connectivity index (χ1v) is 7.75. The van der Waals surface area contributed by atoms with Crippen LogP contribution in [0.2, 0.25) is 0 Å². The van der Waals surface area contributed by atoms with Crippen molar-refractivity contribution in [2.24, 2.45) is 12.5 Å². The zero-order valence-electron chi connectivity index (χ0n) is 12.5. The molecule has 1 saturated carbocycles. The van der Waals surface area contributed by atoms with Gasteiger partial charge < -0.3 is 9.67 Å². The van der Waals surface area contributed by atoms with E-state index in [1.807, 2.05) is 25.2 Å². The second-order valence-electron chi connectivity index (χ2n) is 6.22. The minimum Gasteiger partial charge on any atom is -0.392 e. The SMILES string of the molecule is CCC1(C(O)Cc2nc3ccccc3n2C)CCCC1. The second kappa shape index (κ2) is 5.21. The summed E-state index contributed by atoms with van der Waals surface area (Å²) in [5.41, 5.74) is 2.29. The van der Waals surface area contributed by atoms with Crippen molar-refractivity contribution in [1.29, 1.82) is 0 Å². The van der Waals surface area contributed by atoms with Crippen LogP contribution in [0, 0.1) is 5.41 Å². The lowest BCUT2D eigenvalue weighted by Gasteiger charge is -2.33. The molecule has 1 aliphatic rings. The van der Waals surface area contributed by atoms with Crippen LogP contribution in [0.4, 0.5) is 0 Å². The smallest absolute Gasteiger partial charge is 0.112 e. The lowest BCUT2D eigenvalue weighted by atomic mass is 9.76. The van der Waals surface area contributed by atoms with Crippen molar-refractivity contribution < 1.29 is 5.11 Å². The Morgan fingerprint density at radius 3 is 2.65 bits per heavy atom. The quantitative estimate of drug-likeness (QED) is 0.925. The van der Waals surface area contributed by atoms with E-state index in [-0.39, 0.29) is 11.5 Å². The molecule has 0 radical (unpaired) electrons. The van der Waals surface area contributed by atoms with E-state index in [0.29, 0.717) is 6.42 Å². The highest BCUT2D eigenvalue weighted by atomic mass is 16.3. The highest BCUT2D eigenvalue weighted by molar-refractivity contribution is 5.75. The van der Waals surface area contributed by atoms with Gasteiger partial charge in [-0.2, -0.15) is 0 Å². The van der Waals surface area contributed by atoms with E-state index < -0.39 is 0 Å². The third-order valence-electron chi connectivity index (χ3n) is 5.27. The number of aromatic nitrogens is 2. The molecule has 0 saturated heterocycles. The van der Waals surface area contributed by atoms with Crippen molar-refractivity contribution in [2.75, 3.05) is 0 Å². The molecule has 0 amide bonds. The number of nitrogens with zero attached hydrogens (tertiary/aromatic N) is 2. The van der Waals surface area contributed by atoms with E-state index in [2.05, 4.69) is 17.6 Å². The molecular weight excluding hydrogens is 248 g/mol. The molecule has 3 nitrogen and oxygen atoms in total. The molecule has 1 aliphatic carbocycles. The van der Waals surface area contributed by atoms with Crippen LogP contribution < -0.4 is 0 Å². The Hall–Kier alpha value is -1.35. The molecular formula is C17H24N2O. The van der Waals surface area contributed by atoms with E-state index in [1.54, 1.807) is 0 Å². The van der Waals surface area contributed by atoms with Gasteiger partial charge in [-0.3, -0.25) is 0 Å². The van der Waals surface area contributed by atoms with E-state index in [4.69, 9.17) is 4.98 Å². The highest BCUT2D eigenvalue weighted by Gasteiger charge is 2.39. The van der Waals surface area contributed by atoms with Gasteiger partial charge in [0.2, 0.25) is 0 Å². The van der Waals surface area contributed by atoms with E-state index >= 15 is 0 Å². The third kappa shape index (κ3) is 2.14. The fourth-order valence-electron chi connectivity index (χ4n) is 3.77. The number of aryl methyl sites for hydroxylation is 1. The maximum absolute atomic E-state index is 10.7. The second-order valence-corrected chi connectivity index (χ2v) is 6.22. The van der Waals surface area contributed by atoms with Gasteiger partial charge in [0.05, 0.1) is 17.1 Å². The predicted molar refractivity (Wildman–Crippen MR) is 81.6 cm³/mol. The van der Waals surface area contributed by atoms with Crippen molar-refractivity contribution in [3.8, 4) is 0 Å². The van der Waals surface area contributed by atoms with Crippen molar-refractivity contribution in [3.63, 3.8) is 0 Å². The van der Waals surface area contributed by atoms with E-state index in [9.17, 15) is 5.11 Å². The number of hydrogen-bond acceptors (Lipinski definition) is 2. The number of aliphatic hydroxyl groups is 1. The third-order valence-corrected chi connectivity index (χ3v) is 5.27. The van der Waals surface area contributed by atoms with Gasteiger partial charge >= 0.3 is 0 Å². The number of hydrogen-bond donors (Lipinski definition) is 1. The molecule has 0 aliphatic heterocycles. The average Bonchev–Trinajstić information content (AvgIpc) is 3.06. The molecule has 3 rings (SSSR count). The Bertz CT molecular complexity index is 596. The Balaban J connectivity index is 1.87. The molecule has 1 heterocycles. The van der Waals surface area contributed by atoms with Crippen LogP contribution in [0.15, 0.2) is 24.3 Å². The van der Waals surface area contributed by atoms with Gasteiger partial charge in [0.25, 0.3) is 0 Å². The minimum atomic E-state index is -0.273. The maximum Gasteiger partial charge on any atom is 0.112 e. The summed E-state index contributed by atoms with van der Waals surface area (Å²) in [7, 11) is 2.05. The van der Waals surface area contributed by atoms with Crippen molar-refractivity contribution in [1.82, 2.24) is 9.55 Å². The molecule has 1 unspecified atom stereocenters. The normalized spacial score (nSPS) is 19.6. The number of para-hydroxylation sites is 2. The van der Waals surface area contributed by atoms with Gasteiger partial charge in [0, 0.05) is 13.5 Å². The molecule has 1 aromatic carbocycles. The van der Waals surface area contributed by atoms with Crippen LogP contribution >= 0.6 is 0 Å². The van der Waals surface area contributed by atoms with Crippen LogP contribution in [-0.2, 0) is 13.5 Å². The first-order chi connectivity index (χ1) is 9.66. The van der Waals surface area contributed by atoms with Crippen LogP contribution in [0.25, 0.3) is 11.0 Å². The predicted octanol–water partition coefficient (Wildman–Crippen LogP) is 3.45. The summed E-state index contributed by atoms with van der Waals surface area (Å²) in [5.74, 6) is 0.999. The summed E-state index contributed by atoms with van der Waals surface area (Å²) < 4.78 is 2.12. The van der Waals surface area contributed by atoms with Crippen LogP contribution in [-0.4, -0.2) is 20.8 Å². The molecule has 108 valence electrons. The summed E-state index contributed by atoms with van der Waals surface area (Å²) >= 11 is 0. The lowest BCUT2D eigenvalue weighted by molar-refractivity contribution is 0.0239. The lowest BCUT2D eigenvalue weighted by Crippen LogP contribution is -2.34. The van der Waals surface area contributed by atoms with Crippen LogP contribution in [0.5, 0.6) is 0 Å². The molecule has 1 atom stereocenters. The molecule has 1 N–H and O–H groups in total. The number of benzene rings is 1. The first-order valence-electron chi connectivity index (χ1n) is 7.75. The van der Waals surface area contributed by atoms with Crippen molar-refractivity contribution in [2.45, 2.75) is 51.6 Å². The van der Waals surface area contributed by atoms with Crippen molar-refractivity contribution >= 4 is 11.0 Å². The number of imidazole rings is 1. The monoisotopic (exact) mass is 272 g/mol. The van der Waals surface area contributed by atoms with Gasteiger partial charge in [-0.25, -0.2) is 4.98 Å². The largest absolute Gasteiger partial charge is 0.392 e. The highest BCUT2D eigenvalue weighted by Crippen LogP contribution is 2.44. The maximum atomic E-state index is 10.7. The zero-order chi connectivity index (χ0) is 14.2. The molecule has 1 fully saturated rings. The first kappa shape index (κ1) is 13.6. The number of fused-ring (bicyclic) bond motifs is 1. The van der Waals surface area contributed by atoms with Gasteiger partial charge in [-0.1, -0.05) is 31.9 Å². The number of rotatable bonds is 4. The van der Waals surface area contributed by atoms with E-state index in [1.165, 1.54) is 12.8 Å².